The Morgan fingerprint density at radius 2 is 2.25 bits per heavy atom. The lowest BCUT2D eigenvalue weighted by Gasteiger charge is -1.92. The van der Waals surface area contributed by atoms with Gasteiger partial charge in [-0.3, -0.25) is 0 Å². The van der Waals surface area contributed by atoms with Gasteiger partial charge in [0.05, 0.1) is 0 Å². The normalized spacial score (nSPS) is 11.8. The largest absolute Gasteiger partial charge is 0.283 e. The molecule has 0 rings (SSSR count). The fourth-order valence-electron chi connectivity index (χ4n) is 0.104. The molecule has 0 aliphatic carbocycles. The third-order valence-corrected chi connectivity index (χ3v) is 1.74. The first-order valence-corrected chi connectivity index (χ1v) is 4.07. The van der Waals surface area contributed by atoms with Crippen LogP contribution in [0.2, 0.25) is 0 Å². The van der Waals surface area contributed by atoms with Gasteiger partial charge in [-0.05, 0) is 11.9 Å². The molecule has 0 bridgehead atoms. The van der Waals surface area contributed by atoms with E-state index in [2.05, 4.69) is 5.14 Å². The summed E-state index contributed by atoms with van der Waals surface area (Å²) in [4.78, 5) is 0. The lowest BCUT2D eigenvalue weighted by Crippen LogP contribution is -2.25. The van der Waals surface area contributed by atoms with E-state index in [1.54, 1.807) is 4.13 Å². The van der Waals surface area contributed by atoms with E-state index in [-0.39, 0.29) is 0 Å². The van der Waals surface area contributed by atoms with Crippen LogP contribution in [0.1, 0.15) is 0 Å². The quantitative estimate of drug-likeness (QED) is 0.539. The molecule has 0 aromatic carbocycles. The maximum atomic E-state index is 11.1. The minimum absolute atomic E-state index is 0.385. The minimum Gasteiger partial charge on any atom is -0.238 e. The number of halogens is 1. The van der Waals surface area contributed by atoms with Gasteiger partial charge in [0.25, 0.3) is 10.2 Å². The number of hydrogen-bond donors (Lipinski definition) is 2. The molecule has 0 amide bonds. The average molecular weight is 160 g/mol. The van der Waals surface area contributed by atoms with Crippen molar-refractivity contribution in [3.05, 3.63) is 0 Å². The minimum atomic E-state index is -3.71. The van der Waals surface area contributed by atoms with Crippen LogP contribution < -0.4 is 9.27 Å². The second-order valence-corrected chi connectivity index (χ2v) is 3.15. The molecule has 0 fully saturated rings. The fourth-order valence-corrected chi connectivity index (χ4v) is 0.940. The van der Waals surface area contributed by atoms with Crippen LogP contribution in [-0.4, -0.2) is 14.4 Å². The summed E-state index contributed by atoms with van der Waals surface area (Å²) in [5.41, 5.74) is 0. The molecule has 0 spiro atoms. The number of hydrogen-bond acceptors (Lipinski definition) is 3. The van der Waals surface area contributed by atoms with Gasteiger partial charge < -0.3 is 0 Å². The molecule has 0 saturated heterocycles. The van der Waals surface area contributed by atoms with Crippen molar-refractivity contribution in [2.45, 2.75) is 0 Å². The Morgan fingerprint density at radius 3 is 2.38 bits per heavy atom. The van der Waals surface area contributed by atoms with Crippen LogP contribution >= 0.6 is 11.9 Å². The van der Waals surface area contributed by atoms with Crippen LogP contribution in [0.25, 0.3) is 0 Å². The summed E-state index contributed by atoms with van der Waals surface area (Å²) in [6.07, 6.45) is 0. The van der Waals surface area contributed by atoms with Gasteiger partial charge in [0.15, 0.2) is 0 Å². The first kappa shape index (κ1) is 8.15. The summed E-state index contributed by atoms with van der Waals surface area (Å²) in [5, 5.41) is 4.40. The van der Waals surface area contributed by atoms with Gasteiger partial charge in [0.1, 0.15) is 6.01 Å². The molecule has 0 radical (unpaired) electrons. The van der Waals surface area contributed by atoms with E-state index in [1.165, 1.54) is 0 Å². The molecule has 7 heteroatoms. The van der Waals surface area contributed by atoms with Gasteiger partial charge in [-0.15, -0.1) is 4.13 Å². The monoisotopic (exact) mass is 160 g/mol. The molecule has 8 heavy (non-hydrogen) atoms. The standard InChI is InChI=1S/CH5FN2O2S2/c2-1-7-4-8(3,5)6/h4H,1H2,(H2,3,5,6). The van der Waals surface area contributed by atoms with Crippen molar-refractivity contribution >= 4 is 22.2 Å². The van der Waals surface area contributed by atoms with Crippen molar-refractivity contribution in [1.29, 1.82) is 0 Å². The highest BCUT2D eigenvalue weighted by Crippen LogP contribution is 1.92. The van der Waals surface area contributed by atoms with E-state index >= 15 is 0 Å². The van der Waals surface area contributed by atoms with E-state index in [0.717, 1.165) is 0 Å². The van der Waals surface area contributed by atoms with Gasteiger partial charge in [-0.2, -0.15) is 8.42 Å². The van der Waals surface area contributed by atoms with Crippen LogP contribution in [0.3, 0.4) is 0 Å². The summed E-state index contributed by atoms with van der Waals surface area (Å²) < 4.78 is 32.5. The van der Waals surface area contributed by atoms with Crippen molar-refractivity contribution < 1.29 is 12.8 Å². The molecule has 0 aliphatic heterocycles. The zero-order valence-electron chi connectivity index (χ0n) is 3.80. The van der Waals surface area contributed by atoms with Crippen molar-refractivity contribution in [2.75, 3.05) is 6.01 Å². The molecular weight excluding hydrogens is 155 g/mol. The van der Waals surface area contributed by atoms with Gasteiger partial charge >= 0.3 is 0 Å². The van der Waals surface area contributed by atoms with Gasteiger partial charge in [0, 0.05) is 0 Å². The average Bonchev–Trinajstić information content (AvgIpc) is 1.59. The molecule has 0 aliphatic rings. The summed E-state index contributed by atoms with van der Waals surface area (Å²) in [6.45, 7) is 0. The second kappa shape index (κ2) is 3.23. The Labute approximate surface area is 50.9 Å². The predicted octanol–water partition coefficient (Wildman–Crippen LogP) is -0.645. The summed E-state index contributed by atoms with van der Waals surface area (Å²) >= 11 is 0.385. The maximum absolute atomic E-state index is 11.1. The fraction of sp³-hybridized carbons (Fsp3) is 1.00. The van der Waals surface area contributed by atoms with Gasteiger partial charge in [-0.25, -0.2) is 9.53 Å². The second-order valence-electron chi connectivity index (χ2n) is 0.882. The van der Waals surface area contributed by atoms with E-state index in [9.17, 15) is 12.8 Å². The zero-order valence-corrected chi connectivity index (χ0v) is 5.43. The summed E-state index contributed by atoms with van der Waals surface area (Å²) in [6, 6.07) is -0.823. The molecule has 4 nitrogen and oxygen atoms in total. The molecular formula is CH5FN2O2S2. The van der Waals surface area contributed by atoms with Crippen LogP contribution in [-0.2, 0) is 10.2 Å². The first-order chi connectivity index (χ1) is 3.56. The van der Waals surface area contributed by atoms with Crippen molar-refractivity contribution in [3.63, 3.8) is 0 Å². The lowest BCUT2D eigenvalue weighted by atomic mass is 11.8. The third kappa shape index (κ3) is 6.15. The van der Waals surface area contributed by atoms with Crippen LogP contribution in [0.5, 0.6) is 0 Å². The summed E-state index contributed by atoms with van der Waals surface area (Å²) in [7, 11) is -3.71. The van der Waals surface area contributed by atoms with Crippen molar-refractivity contribution in [2.24, 2.45) is 5.14 Å². The molecule has 0 unspecified atom stereocenters. The van der Waals surface area contributed by atoms with Crippen molar-refractivity contribution in [3.8, 4) is 0 Å². The van der Waals surface area contributed by atoms with Crippen LogP contribution in [0.15, 0.2) is 0 Å². The number of rotatable bonds is 3. The molecule has 0 aromatic rings. The number of nitrogens with one attached hydrogen (secondary N) is 1. The van der Waals surface area contributed by atoms with Gasteiger partial charge in [-0.1, -0.05) is 0 Å². The van der Waals surface area contributed by atoms with E-state index in [4.69, 9.17) is 0 Å². The lowest BCUT2D eigenvalue weighted by molar-refractivity contribution is 0.591. The maximum Gasteiger partial charge on any atom is 0.283 e. The highest BCUT2D eigenvalue weighted by molar-refractivity contribution is 8.08. The van der Waals surface area contributed by atoms with Crippen molar-refractivity contribution in [1.82, 2.24) is 4.13 Å². The SMILES string of the molecule is NS(=O)(=O)NSCF. The smallest absolute Gasteiger partial charge is 0.238 e. The first-order valence-electron chi connectivity index (χ1n) is 1.53. The molecule has 0 aromatic heterocycles. The highest BCUT2D eigenvalue weighted by Gasteiger charge is 1.97. The van der Waals surface area contributed by atoms with E-state index in [1.807, 2.05) is 0 Å². The molecule has 0 saturated carbocycles. The predicted molar refractivity (Wildman–Crippen MR) is 29.8 cm³/mol. The Hall–Kier alpha value is 0.150. The highest BCUT2D eigenvalue weighted by atomic mass is 32.3. The Morgan fingerprint density at radius 1 is 1.75 bits per heavy atom. The molecule has 50 valence electrons. The van der Waals surface area contributed by atoms with Gasteiger partial charge in [0.2, 0.25) is 0 Å². The van der Waals surface area contributed by atoms with E-state index < -0.39 is 16.2 Å². The van der Waals surface area contributed by atoms with Crippen LogP contribution in [0, 0.1) is 0 Å². The molecule has 0 atom stereocenters. The Balaban J connectivity index is 3.42. The molecule has 3 N–H and O–H groups in total. The van der Waals surface area contributed by atoms with E-state index in [0.29, 0.717) is 11.9 Å². The Kier molecular flexibility index (Phi) is 3.29. The Bertz CT molecular complexity index is 142. The zero-order chi connectivity index (χ0) is 6.62. The summed E-state index contributed by atoms with van der Waals surface area (Å²) in [5.74, 6) is 0. The third-order valence-electron chi connectivity index (χ3n) is 0.230. The topological polar surface area (TPSA) is 72.2 Å². The van der Waals surface area contributed by atoms with Crippen LogP contribution in [0.4, 0.5) is 4.39 Å². The molecule has 0 heterocycles. The number of nitrogens with two attached hydrogens (primary N) is 1. The number of alkyl halides is 1.